The van der Waals surface area contributed by atoms with Gasteiger partial charge in [0, 0.05) is 18.4 Å². The minimum absolute atomic E-state index is 0.127. The molecule has 1 aromatic carbocycles. The van der Waals surface area contributed by atoms with Crippen molar-refractivity contribution in [3.8, 4) is 5.69 Å². The molecule has 0 radical (unpaired) electrons. The summed E-state index contributed by atoms with van der Waals surface area (Å²) in [5.41, 5.74) is 1.61. The first-order valence-corrected chi connectivity index (χ1v) is 7.45. The Balaban J connectivity index is 2.20. The second-order valence-corrected chi connectivity index (χ2v) is 5.91. The van der Waals surface area contributed by atoms with Gasteiger partial charge in [-0.2, -0.15) is 5.10 Å². The Kier molecular flexibility index (Phi) is 5.04. The van der Waals surface area contributed by atoms with Crippen LogP contribution in [0.3, 0.4) is 0 Å². The highest BCUT2D eigenvalue weighted by Crippen LogP contribution is 2.14. The van der Waals surface area contributed by atoms with Gasteiger partial charge in [0.25, 0.3) is 5.91 Å². The summed E-state index contributed by atoms with van der Waals surface area (Å²) in [6, 6.07) is 8.77. The molecular formula is C17H21N3O4. The van der Waals surface area contributed by atoms with Crippen molar-refractivity contribution in [1.29, 1.82) is 0 Å². The molecule has 0 aliphatic rings. The van der Waals surface area contributed by atoms with Crippen LogP contribution in [0.2, 0.25) is 0 Å². The number of carboxylic acid groups (broad SMARTS) is 1. The van der Waals surface area contributed by atoms with Gasteiger partial charge in [-0.05, 0) is 51.1 Å². The fourth-order valence-corrected chi connectivity index (χ4v) is 2.41. The smallest absolute Gasteiger partial charge is 0.331 e. The highest BCUT2D eigenvalue weighted by atomic mass is 16.5. The molecule has 24 heavy (non-hydrogen) atoms. The normalized spacial score (nSPS) is 13.3. The Morgan fingerprint density at radius 2 is 1.92 bits per heavy atom. The van der Waals surface area contributed by atoms with Crippen LogP contribution in [0.25, 0.3) is 5.69 Å². The maximum absolute atomic E-state index is 12.3. The number of carbonyl (C=O) groups is 2. The molecule has 0 aliphatic carbocycles. The Morgan fingerprint density at radius 3 is 2.38 bits per heavy atom. The monoisotopic (exact) mass is 331 g/mol. The van der Waals surface area contributed by atoms with Crippen molar-refractivity contribution in [3.05, 3.63) is 47.3 Å². The lowest BCUT2D eigenvalue weighted by Gasteiger charge is -2.25. The van der Waals surface area contributed by atoms with Crippen LogP contribution < -0.4 is 5.32 Å². The number of nitrogens with zero attached hydrogens (tertiary/aromatic N) is 2. The first-order valence-electron chi connectivity index (χ1n) is 7.45. The number of benzene rings is 1. The molecule has 2 aromatic rings. The van der Waals surface area contributed by atoms with E-state index in [9.17, 15) is 14.7 Å². The lowest BCUT2D eigenvalue weighted by atomic mass is 10.0. The van der Waals surface area contributed by atoms with Crippen molar-refractivity contribution < 1.29 is 19.4 Å². The van der Waals surface area contributed by atoms with Gasteiger partial charge in [0.2, 0.25) is 0 Å². The number of aromatic nitrogens is 2. The average molecular weight is 331 g/mol. The average Bonchev–Trinajstić information content (AvgIpc) is 2.86. The molecule has 1 unspecified atom stereocenters. The van der Waals surface area contributed by atoms with Gasteiger partial charge in [-0.3, -0.25) is 4.79 Å². The van der Waals surface area contributed by atoms with Crippen molar-refractivity contribution in [2.75, 3.05) is 13.7 Å². The predicted molar refractivity (Wildman–Crippen MR) is 88.4 cm³/mol. The van der Waals surface area contributed by atoms with E-state index < -0.39 is 17.4 Å². The van der Waals surface area contributed by atoms with Gasteiger partial charge in [0.15, 0.2) is 5.54 Å². The fraction of sp³-hybridized carbons (Fsp3) is 0.353. The number of amides is 1. The van der Waals surface area contributed by atoms with E-state index in [0.717, 1.165) is 17.1 Å². The minimum Gasteiger partial charge on any atom is -0.479 e. The summed E-state index contributed by atoms with van der Waals surface area (Å²) in [7, 11) is 1.39. The van der Waals surface area contributed by atoms with Crippen LogP contribution in [0.4, 0.5) is 0 Å². The Hall–Kier alpha value is -2.67. The van der Waals surface area contributed by atoms with Crippen molar-refractivity contribution in [3.63, 3.8) is 0 Å². The van der Waals surface area contributed by atoms with E-state index in [1.807, 2.05) is 19.9 Å². The molecule has 7 nitrogen and oxygen atoms in total. The maximum Gasteiger partial charge on any atom is 0.331 e. The summed E-state index contributed by atoms with van der Waals surface area (Å²) in [6.45, 7) is 5.14. The highest BCUT2D eigenvalue weighted by molar-refractivity contribution is 5.97. The molecule has 1 atom stereocenters. The van der Waals surface area contributed by atoms with Crippen molar-refractivity contribution >= 4 is 11.9 Å². The molecule has 128 valence electrons. The van der Waals surface area contributed by atoms with E-state index in [1.54, 1.807) is 28.9 Å². The van der Waals surface area contributed by atoms with Crippen LogP contribution in [0.1, 0.15) is 28.7 Å². The summed E-state index contributed by atoms with van der Waals surface area (Å²) >= 11 is 0. The van der Waals surface area contributed by atoms with Crippen molar-refractivity contribution in [2.45, 2.75) is 26.3 Å². The molecule has 1 aromatic heterocycles. The number of hydrogen-bond donors (Lipinski definition) is 2. The first-order chi connectivity index (χ1) is 11.3. The minimum atomic E-state index is -1.49. The maximum atomic E-state index is 12.3. The Labute approximate surface area is 140 Å². The molecule has 0 aliphatic heterocycles. The molecular weight excluding hydrogens is 310 g/mol. The third-order valence-corrected chi connectivity index (χ3v) is 3.68. The molecule has 0 fully saturated rings. The molecule has 7 heteroatoms. The summed E-state index contributed by atoms with van der Waals surface area (Å²) in [4.78, 5) is 23.7. The van der Waals surface area contributed by atoms with Crippen molar-refractivity contribution in [1.82, 2.24) is 15.1 Å². The van der Waals surface area contributed by atoms with E-state index in [0.29, 0.717) is 5.56 Å². The number of carboxylic acids is 1. The van der Waals surface area contributed by atoms with E-state index in [4.69, 9.17) is 4.74 Å². The Morgan fingerprint density at radius 1 is 1.29 bits per heavy atom. The third-order valence-electron chi connectivity index (χ3n) is 3.68. The van der Waals surface area contributed by atoms with E-state index in [-0.39, 0.29) is 6.61 Å². The molecule has 0 saturated carbocycles. The summed E-state index contributed by atoms with van der Waals surface area (Å²) in [6.07, 6.45) is 0. The number of carbonyl (C=O) groups excluding carboxylic acids is 1. The van der Waals surface area contributed by atoms with Crippen LogP contribution >= 0.6 is 0 Å². The van der Waals surface area contributed by atoms with Gasteiger partial charge in [0.05, 0.1) is 18.0 Å². The number of aliphatic carboxylic acids is 1. The largest absolute Gasteiger partial charge is 0.479 e. The molecule has 1 heterocycles. The van der Waals surface area contributed by atoms with Gasteiger partial charge in [-0.25, -0.2) is 9.48 Å². The second kappa shape index (κ2) is 6.84. The van der Waals surface area contributed by atoms with Crippen LogP contribution in [0.15, 0.2) is 30.3 Å². The third kappa shape index (κ3) is 3.62. The standard InChI is InChI=1S/C17H21N3O4/c1-11-9-12(2)20(19-11)14-7-5-13(6-8-14)15(21)18-17(3,10-24-4)16(22)23/h5-9H,10H2,1-4H3,(H,18,21)(H,22,23). The van der Waals surface area contributed by atoms with E-state index >= 15 is 0 Å². The quantitative estimate of drug-likeness (QED) is 0.840. The zero-order valence-corrected chi connectivity index (χ0v) is 14.2. The number of nitrogens with one attached hydrogen (secondary N) is 1. The lowest BCUT2D eigenvalue weighted by molar-refractivity contribution is -0.145. The highest BCUT2D eigenvalue weighted by Gasteiger charge is 2.35. The van der Waals surface area contributed by atoms with Gasteiger partial charge < -0.3 is 15.2 Å². The number of hydrogen-bond acceptors (Lipinski definition) is 4. The summed E-state index contributed by atoms with van der Waals surface area (Å²) in [5, 5.41) is 16.2. The van der Waals surface area contributed by atoms with Crippen LogP contribution in [-0.4, -0.2) is 46.0 Å². The molecule has 1 amide bonds. The fourth-order valence-electron chi connectivity index (χ4n) is 2.41. The zero-order chi connectivity index (χ0) is 17.9. The topological polar surface area (TPSA) is 93.5 Å². The van der Waals surface area contributed by atoms with Gasteiger partial charge in [-0.15, -0.1) is 0 Å². The number of aryl methyl sites for hydroxylation is 2. The number of methoxy groups -OCH3 is 1. The summed E-state index contributed by atoms with van der Waals surface area (Å²) < 4.78 is 6.67. The predicted octanol–water partition coefficient (Wildman–Crippen LogP) is 1.71. The van der Waals surface area contributed by atoms with E-state index in [2.05, 4.69) is 10.4 Å². The SMILES string of the molecule is COCC(C)(NC(=O)c1ccc(-n2nc(C)cc2C)cc1)C(=O)O. The van der Waals surface area contributed by atoms with Crippen LogP contribution in [-0.2, 0) is 9.53 Å². The molecule has 0 saturated heterocycles. The van der Waals surface area contributed by atoms with E-state index in [1.165, 1.54) is 14.0 Å². The molecule has 2 N–H and O–H groups in total. The van der Waals surface area contributed by atoms with Crippen LogP contribution in [0, 0.1) is 13.8 Å². The lowest BCUT2D eigenvalue weighted by Crippen LogP contribution is -2.55. The Bertz CT molecular complexity index is 752. The van der Waals surface area contributed by atoms with Gasteiger partial charge >= 0.3 is 5.97 Å². The summed E-state index contributed by atoms with van der Waals surface area (Å²) in [5.74, 6) is -1.63. The molecule has 0 bridgehead atoms. The van der Waals surface area contributed by atoms with Crippen molar-refractivity contribution in [2.24, 2.45) is 0 Å². The molecule has 0 spiro atoms. The molecule has 2 rings (SSSR count). The number of ether oxygens (including phenoxy) is 1. The second-order valence-electron chi connectivity index (χ2n) is 5.91. The number of rotatable bonds is 6. The van der Waals surface area contributed by atoms with Crippen LogP contribution in [0.5, 0.6) is 0 Å². The van der Waals surface area contributed by atoms with Gasteiger partial charge in [-0.1, -0.05) is 0 Å². The first kappa shape index (κ1) is 17.7. The zero-order valence-electron chi connectivity index (χ0n) is 14.2. The van der Waals surface area contributed by atoms with Gasteiger partial charge in [0.1, 0.15) is 0 Å².